The molecule has 0 atom stereocenters. The summed E-state index contributed by atoms with van der Waals surface area (Å²) in [6.45, 7) is 0.822. The van der Waals surface area contributed by atoms with Gasteiger partial charge < -0.3 is 15.4 Å². The van der Waals surface area contributed by atoms with Crippen molar-refractivity contribution in [1.29, 1.82) is 0 Å². The first-order chi connectivity index (χ1) is 12.2. The lowest BCUT2D eigenvalue weighted by atomic mass is 10.2. The van der Waals surface area contributed by atoms with Crippen molar-refractivity contribution < 1.29 is 9.53 Å². The van der Waals surface area contributed by atoms with E-state index in [0.29, 0.717) is 24.2 Å². The molecule has 0 spiro atoms. The average molecular weight is 359 g/mol. The van der Waals surface area contributed by atoms with E-state index in [1.54, 1.807) is 0 Å². The number of nitrogens with one attached hydrogen (secondary N) is 2. The summed E-state index contributed by atoms with van der Waals surface area (Å²) in [6.07, 6.45) is 4.99. The molecule has 1 fully saturated rings. The molecular weight excluding hydrogens is 336 g/mol. The van der Waals surface area contributed by atoms with Crippen LogP contribution in [0, 0.1) is 0 Å². The molecule has 0 radical (unpaired) electrons. The number of urea groups is 1. The number of para-hydroxylation sites is 1. The van der Waals surface area contributed by atoms with E-state index in [-0.39, 0.29) is 6.03 Å². The standard InChI is InChI=1S/C20H23ClN2O2/c21-18-11-5-1-7-15(18)13-22-20(24)23-14-16-8-2-6-12-19(16)25-17-9-3-4-10-17/h1-2,5-8,11-12,17H,3-4,9-10,13-14H2,(H2,22,23,24). The predicted molar refractivity (Wildman–Crippen MR) is 99.9 cm³/mol. The quantitative estimate of drug-likeness (QED) is 0.789. The van der Waals surface area contributed by atoms with E-state index in [4.69, 9.17) is 16.3 Å². The summed E-state index contributed by atoms with van der Waals surface area (Å²) in [5.41, 5.74) is 1.88. The van der Waals surface area contributed by atoms with Gasteiger partial charge in [-0.2, -0.15) is 0 Å². The van der Waals surface area contributed by atoms with Gasteiger partial charge in [0.25, 0.3) is 0 Å². The first-order valence-electron chi connectivity index (χ1n) is 8.72. The maximum Gasteiger partial charge on any atom is 0.315 e. The molecule has 1 aliphatic rings. The fourth-order valence-electron chi connectivity index (χ4n) is 3.01. The molecule has 3 rings (SSSR count). The predicted octanol–water partition coefficient (Wildman–Crippen LogP) is 4.66. The molecular formula is C20H23ClN2O2. The van der Waals surface area contributed by atoms with Crippen molar-refractivity contribution in [3.63, 3.8) is 0 Å². The number of hydrogen-bond acceptors (Lipinski definition) is 2. The third-order valence-corrected chi connectivity index (χ3v) is 4.77. The van der Waals surface area contributed by atoms with Crippen molar-refractivity contribution >= 4 is 17.6 Å². The number of hydrogen-bond donors (Lipinski definition) is 2. The summed E-state index contributed by atoms with van der Waals surface area (Å²) in [5.74, 6) is 0.862. The first kappa shape index (κ1) is 17.6. The third-order valence-electron chi connectivity index (χ3n) is 4.41. The van der Waals surface area contributed by atoms with Gasteiger partial charge in [0, 0.05) is 23.7 Å². The topological polar surface area (TPSA) is 50.4 Å². The Morgan fingerprint density at radius 2 is 1.56 bits per heavy atom. The summed E-state index contributed by atoms with van der Waals surface area (Å²) in [5, 5.41) is 6.36. The van der Waals surface area contributed by atoms with E-state index >= 15 is 0 Å². The van der Waals surface area contributed by atoms with Crippen molar-refractivity contribution in [1.82, 2.24) is 10.6 Å². The Bertz CT molecular complexity index is 714. The van der Waals surface area contributed by atoms with Crippen LogP contribution in [0.15, 0.2) is 48.5 Å². The molecule has 2 aromatic carbocycles. The lowest BCUT2D eigenvalue weighted by Crippen LogP contribution is -2.34. The lowest BCUT2D eigenvalue weighted by Gasteiger charge is -2.17. The SMILES string of the molecule is O=C(NCc1ccccc1Cl)NCc1ccccc1OC1CCCC1. The monoisotopic (exact) mass is 358 g/mol. The van der Waals surface area contributed by atoms with Crippen molar-refractivity contribution in [2.75, 3.05) is 0 Å². The number of rotatable bonds is 6. The Kier molecular flexibility index (Phi) is 6.18. The molecule has 1 aliphatic carbocycles. The molecule has 0 saturated heterocycles. The van der Waals surface area contributed by atoms with Gasteiger partial charge in [-0.25, -0.2) is 4.79 Å². The number of ether oxygens (including phenoxy) is 1. The first-order valence-corrected chi connectivity index (χ1v) is 9.10. The highest BCUT2D eigenvalue weighted by Gasteiger charge is 2.17. The van der Waals surface area contributed by atoms with E-state index in [0.717, 1.165) is 29.7 Å². The fraction of sp³-hybridized carbons (Fsp3) is 0.350. The molecule has 5 heteroatoms. The minimum Gasteiger partial charge on any atom is -0.490 e. The van der Waals surface area contributed by atoms with Crippen LogP contribution in [-0.2, 0) is 13.1 Å². The van der Waals surface area contributed by atoms with Crippen molar-refractivity contribution in [3.8, 4) is 5.75 Å². The van der Waals surface area contributed by atoms with Crippen LogP contribution in [0.5, 0.6) is 5.75 Å². The number of carbonyl (C=O) groups excluding carboxylic acids is 1. The molecule has 0 aliphatic heterocycles. The third kappa shape index (κ3) is 5.13. The minimum absolute atomic E-state index is 0.226. The van der Waals surface area contributed by atoms with Crippen molar-refractivity contribution in [3.05, 3.63) is 64.7 Å². The van der Waals surface area contributed by atoms with Gasteiger partial charge in [0.15, 0.2) is 0 Å². The maximum absolute atomic E-state index is 12.1. The molecule has 0 bridgehead atoms. The molecule has 2 aromatic rings. The van der Waals surface area contributed by atoms with Crippen LogP contribution in [0.25, 0.3) is 0 Å². The van der Waals surface area contributed by atoms with E-state index in [1.165, 1.54) is 12.8 Å². The van der Waals surface area contributed by atoms with Crippen molar-refractivity contribution in [2.45, 2.75) is 44.9 Å². The molecule has 0 aromatic heterocycles. The lowest BCUT2D eigenvalue weighted by molar-refractivity contribution is 0.207. The summed E-state index contributed by atoms with van der Waals surface area (Å²) < 4.78 is 6.09. The zero-order valence-corrected chi connectivity index (χ0v) is 14.9. The Morgan fingerprint density at radius 3 is 2.28 bits per heavy atom. The van der Waals surface area contributed by atoms with Gasteiger partial charge in [-0.1, -0.05) is 48.0 Å². The van der Waals surface area contributed by atoms with Gasteiger partial charge >= 0.3 is 6.03 Å². The maximum atomic E-state index is 12.1. The van der Waals surface area contributed by atoms with Crippen LogP contribution < -0.4 is 15.4 Å². The molecule has 0 heterocycles. The Labute approximate surface area is 153 Å². The normalized spacial score (nSPS) is 14.3. The van der Waals surface area contributed by atoms with Gasteiger partial charge in [0.05, 0.1) is 6.10 Å². The number of carbonyl (C=O) groups is 1. The van der Waals surface area contributed by atoms with Crippen LogP contribution >= 0.6 is 11.6 Å². The van der Waals surface area contributed by atoms with Crippen molar-refractivity contribution in [2.24, 2.45) is 0 Å². The summed E-state index contributed by atoms with van der Waals surface area (Å²) in [6, 6.07) is 15.1. The minimum atomic E-state index is -0.226. The average Bonchev–Trinajstić information content (AvgIpc) is 3.13. The highest BCUT2D eigenvalue weighted by atomic mass is 35.5. The largest absolute Gasteiger partial charge is 0.490 e. The molecule has 2 amide bonds. The van der Waals surface area contributed by atoms with Crippen LogP contribution in [0.2, 0.25) is 5.02 Å². The summed E-state index contributed by atoms with van der Waals surface area (Å²) >= 11 is 6.09. The van der Waals surface area contributed by atoms with Crippen LogP contribution in [-0.4, -0.2) is 12.1 Å². The van der Waals surface area contributed by atoms with E-state index in [2.05, 4.69) is 10.6 Å². The van der Waals surface area contributed by atoms with E-state index in [9.17, 15) is 4.79 Å². The van der Waals surface area contributed by atoms with Crippen LogP contribution in [0.3, 0.4) is 0 Å². The molecule has 0 unspecified atom stereocenters. The van der Waals surface area contributed by atoms with Gasteiger partial charge in [-0.3, -0.25) is 0 Å². The molecule has 25 heavy (non-hydrogen) atoms. The Hall–Kier alpha value is -2.20. The highest BCUT2D eigenvalue weighted by Crippen LogP contribution is 2.26. The fourth-order valence-corrected chi connectivity index (χ4v) is 3.21. The smallest absolute Gasteiger partial charge is 0.315 e. The van der Waals surface area contributed by atoms with Gasteiger partial charge in [0.1, 0.15) is 5.75 Å². The number of amides is 2. The number of halogens is 1. The number of benzene rings is 2. The Morgan fingerprint density at radius 1 is 0.960 bits per heavy atom. The highest BCUT2D eigenvalue weighted by molar-refractivity contribution is 6.31. The van der Waals surface area contributed by atoms with Gasteiger partial charge in [-0.05, 0) is 43.4 Å². The van der Waals surface area contributed by atoms with Gasteiger partial charge in [0.2, 0.25) is 0 Å². The van der Waals surface area contributed by atoms with Crippen LogP contribution in [0.1, 0.15) is 36.8 Å². The molecule has 132 valence electrons. The second kappa shape index (κ2) is 8.77. The zero-order valence-electron chi connectivity index (χ0n) is 14.1. The van der Waals surface area contributed by atoms with Crippen LogP contribution in [0.4, 0.5) is 4.79 Å². The molecule has 2 N–H and O–H groups in total. The second-order valence-electron chi connectivity index (χ2n) is 6.26. The molecule has 4 nitrogen and oxygen atoms in total. The van der Waals surface area contributed by atoms with E-state index < -0.39 is 0 Å². The second-order valence-corrected chi connectivity index (χ2v) is 6.67. The molecule has 1 saturated carbocycles. The Balaban J connectivity index is 1.51. The summed E-state index contributed by atoms with van der Waals surface area (Å²) in [7, 11) is 0. The van der Waals surface area contributed by atoms with Gasteiger partial charge in [-0.15, -0.1) is 0 Å². The van der Waals surface area contributed by atoms with E-state index in [1.807, 2.05) is 48.5 Å². The summed E-state index contributed by atoms with van der Waals surface area (Å²) in [4.78, 5) is 12.1. The zero-order chi connectivity index (χ0) is 17.5.